The molecule has 0 spiro atoms. The molecule has 0 aromatic heterocycles. The summed E-state index contributed by atoms with van der Waals surface area (Å²) in [5.74, 6) is -0.917. The minimum absolute atomic E-state index is 0.0271. The summed E-state index contributed by atoms with van der Waals surface area (Å²) in [6.07, 6.45) is 0. The molecule has 3 rings (SSSR count). The van der Waals surface area contributed by atoms with Crippen LogP contribution in [0.15, 0.2) is 41.3 Å². The molecule has 0 saturated carbocycles. The summed E-state index contributed by atoms with van der Waals surface area (Å²) in [5.41, 5.74) is 0.265. The Morgan fingerprint density at radius 3 is 2.45 bits per heavy atom. The number of halogens is 1. The van der Waals surface area contributed by atoms with Gasteiger partial charge < -0.3 is 14.4 Å². The molecule has 0 bridgehead atoms. The Balaban J connectivity index is 2.01. The van der Waals surface area contributed by atoms with E-state index in [1.165, 1.54) is 32.3 Å². The maximum Gasteiger partial charge on any atom is 0.345 e. The Bertz CT molecular complexity index is 1120. The van der Waals surface area contributed by atoms with Crippen LogP contribution in [-0.2, 0) is 14.8 Å². The standard InChI is InChI=1S/C19H20ClN3O7S/c1-21(2)31(27,28)14-4-5-17(22-7-9-29-10-8-22)15(12-14)19(24)30-18-6-3-13(23(25)26)11-16(18)20/h3-6,11-12H,7-10H2,1-2H3. The van der Waals surface area contributed by atoms with Crippen LogP contribution in [0.2, 0.25) is 5.02 Å². The van der Waals surface area contributed by atoms with E-state index in [9.17, 15) is 23.3 Å². The van der Waals surface area contributed by atoms with Gasteiger partial charge in [-0.3, -0.25) is 10.1 Å². The molecular weight excluding hydrogens is 450 g/mol. The second-order valence-electron chi connectivity index (χ2n) is 6.83. The van der Waals surface area contributed by atoms with Crippen molar-refractivity contribution in [3.63, 3.8) is 0 Å². The lowest BCUT2D eigenvalue weighted by Gasteiger charge is -2.30. The number of nitro groups is 1. The molecule has 1 aliphatic heterocycles. The Morgan fingerprint density at radius 1 is 1.19 bits per heavy atom. The molecule has 31 heavy (non-hydrogen) atoms. The first-order valence-electron chi connectivity index (χ1n) is 9.16. The number of nitrogens with zero attached hydrogens (tertiary/aromatic N) is 3. The molecule has 1 fully saturated rings. The average molecular weight is 470 g/mol. The molecule has 1 heterocycles. The molecule has 10 nitrogen and oxygen atoms in total. The van der Waals surface area contributed by atoms with Gasteiger partial charge in [-0.2, -0.15) is 0 Å². The summed E-state index contributed by atoms with van der Waals surface area (Å²) in [5, 5.41) is 10.8. The van der Waals surface area contributed by atoms with Crippen LogP contribution in [0.1, 0.15) is 10.4 Å². The van der Waals surface area contributed by atoms with Crippen LogP contribution in [0.5, 0.6) is 5.75 Å². The Labute approximate surface area is 184 Å². The maximum atomic E-state index is 13.0. The number of rotatable bonds is 6. The van der Waals surface area contributed by atoms with Gasteiger partial charge in [0.15, 0.2) is 0 Å². The highest BCUT2D eigenvalue weighted by Crippen LogP contribution is 2.32. The zero-order valence-electron chi connectivity index (χ0n) is 16.8. The molecule has 1 saturated heterocycles. The van der Waals surface area contributed by atoms with Gasteiger partial charge in [0, 0.05) is 39.3 Å². The van der Waals surface area contributed by atoms with E-state index in [0.29, 0.717) is 32.0 Å². The fraction of sp³-hybridized carbons (Fsp3) is 0.316. The summed E-state index contributed by atoms with van der Waals surface area (Å²) in [4.78, 5) is 25.1. The monoisotopic (exact) mass is 469 g/mol. The van der Waals surface area contributed by atoms with Crippen molar-refractivity contribution in [3.8, 4) is 5.75 Å². The van der Waals surface area contributed by atoms with Crippen molar-refractivity contribution < 1.29 is 27.6 Å². The van der Waals surface area contributed by atoms with E-state index in [0.717, 1.165) is 16.4 Å². The third kappa shape index (κ3) is 4.96. The quantitative estimate of drug-likeness (QED) is 0.274. The van der Waals surface area contributed by atoms with E-state index in [1.54, 1.807) is 6.07 Å². The Morgan fingerprint density at radius 2 is 1.87 bits per heavy atom. The van der Waals surface area contributed by atoms with Crippen LogP contribution in [-0.4, -0.2) is 64.0 Å². The summed E-state index contributed by atoms with van der Waals surface area (Å²) in [7, 11) is -1.02. The van der Waals surface area contributed by atoms with Crippen LogP contribution in [0.4, 0.5) is 11.4 Å². The van der Waals surface area contributed by atoms with Crippen LogP contribution in [0, 0.1) is 10.1 Å². The van der Waals surface area contributed by atoms with Crippen molar-refractivity contribution in [2.45, 2.75) is 4.90 Å². The van der Waals surface area contributed by atoms with Crippen molar-refractivity contribution in [1.29, 1.82) is 0 Å². The van der Waals surface area contributed by atoms with Crippen LogP contribution in [0.25, 0.3) is 0 Å². The number of hydrogen-bond acceptors (Lipinski definition) is 8. The average Bonchev–Trinajstić information content (AvgIpc) is 2.75. The van der Waals surface area contributed by atoms with Gasteiger partial charge in [-0.1, -0.05) is 11.6 Å². The lowest BCUT2D eigenvalue weighted by Crippen LogP contribution is -2.37. The van der Waals surface area contributed by atoms with Gasteiger partial charge >= 0.3 is 5.97 Å². The number of anilines is 1. The molecule has 0 radical (unpaired) electrons. The highest BCUT2D eigenvalue weighted by Gasteiger charge is 2.26. The Kier molecular flexibility index (Phi) is 6.80. The third-order valence-electron chi connectivity index (χ3n) is 4.65. The van der Waals surface area contributed by atoms with Crippen molar-refractivity contribution in [2.24, 2.45) is 0 Å². The highest BCUT2D eigenvalue weighted by molar-refractivity contribution is 7.89. The molecule has 0 N–H and O–H groups in total. The number of ether oxygens (including phenoxy) is 2. The first-order valence-corrected chi connectivity index (χ1v) is 11.0. The molecule has 0 unspecified atom stereocenters. The molecule has 166 valence electrons. The molecular formula is C19H20ClN3O7S. The molecule has 0 aliphatic carbocycles. The number of non-ortho nitro benzene ring substituents is 1. The van der Waals surface area contributed by atoms with Crippen molar-refractivity contribution in [2.75, 3.05) is 45.3 Å². The van der Waals surface area contributed by atoms with Gasteiger partial charge in [0.05, 0.1) is 39.3 Å². The SMILES string of the molecule is CN(C)S(=O)(=O)c1ccc(N2CCOCC2)c(C(=O)Oc2ccc([N+](=O)[O-])cc2Cl)c1. The second kappa shape index (κ2) is 9.18. The number of carbonyl (C=O) groups excluding carboxylic acids is 1. The zero-order valence-corrected chi connectivity index (χ0v) is 18.4. The molecule has 2 aromatic rings. The highest BCUT2D eigenvalue weighted by atomic mass is 35.5. The molecule has 2 aromatic carbocycles. The van der Waals surface area contributed by atoms with E-state index in [4.69, 9.17) is 21.1 Å². The number of hydrogen-bond donors (Lipinski definition) is 0. The first kappa shape index (κ1) is 22.9. The topological polar surface area (TPSA) is 119 Å². The predicted molar refractivity (Wildman–Crippen MR) is 113 cm³/mol. The lowest BCUT2D eigenvalue weighted by molar-refractivity contribution is -0.384. The van der Waals surface area contributed by atoms with Gasteiger partial charge in [-0.25, -0.2) is 17.5 Å². The Hall–Kier alpha value is -2.73. The zero-order chi connectivity index (χ0) is 22.8. The largest absolute Gasteiger partial charge is 0.421 e. The number of morpholine rings is 1. The lowest BCUT2D eigenvalue weighted by atomic mass is 10.1. The van der Waals surface area contributed by atoms with Crippen LogP contribution in [0.3, 0.4) is 0 Å². The molecule has 12 heteroatoms. The number of esters is 1. The fourth-order valence-electron chi connectivity index (χ4n) is 2.97. The van der Waals surface area contributed by atoms with E-state index in [2.05, 4.69) is 0 Å². The van der Waals surface area contributed by atoms with Gasteiger partial charge in [0.1, 0.15) is 5.75 Å². The summed E-state index contributed by atoms with van der Waals surface area (Å²) in [6, 6.07) is 7.67. The number of carbonyl (C=O) groups is 1. The molecule has 0 amide bonds. The minimum atomic E-state index is -3.80. The van der Waals surface area contributed by atoms with Crippen LogP contribution >= 0.6 is 11.6 Å². The fourth-order valence-corrected chi connectivity index (χ4v) is 4.11. The first-order chi connectivity index (χ1) is 14.6. The third-order valence-corrected chi connectivity index (χ3v) is 6.75. The van der Waals surface area contributed by atoms with Gasteiger partial charge in [-0.15, -0.1) is 0 Å². The normalized spacial score (nSPS) is 14.5. The van der Waals surface area contributed by atoms with Crippen LogP contribution < -0.4 is 9.64 Å². The van der Waals surface area contributed by atoms with E-state index < -0.39 is 20.9 Å². The molecule has 1 aliphatic rings. The van der Waals surface area contributed by atoms with E-state index in [1.807, 2.05) is 4.90 Å². The number of sulfonamides is 1. The summed E-state index contributed by atoms with van der Waals surface area (Å²) >= 11 is 6.03. The number of benzene rings is 2. The van der Waals surface area contributed by atoms with Crippen molar-refractivity contribution in [3.05, 3.63) is 57.1 Å². The van der Waals surface area contributed by atoms with Gasteiger partial charge in [0.25, 0.3) is 5.69 Å². The smallest absolute Gasteiger partial charge is 0.345 e. The number of nitro benzene ring substituents is 1. The predicted octanol–water partition coefficient (Wildman–Crippen LogP) is 2.55. The van der Waals surface area contributed by atoms with Crippen molar-refractivity contribution in [1.82, 2.24) is 4.31 Å². The van der Waals surface area contributed by atoms with E-state index >= 15 is 0 Å². The van der Waals surface area contributed by atoms with E-state index in [-0.39, 0.29) is 26.9 Å². The van der Waals surface area contributed by atoms with Crippen molar-refractivity contribution >= 4 is 39.0 Å². The van der Waals surface area contributed by atoms with Gasteiger partial charge in [0.2, 0.25) is 10.0 Å². The molecule has 0 atom stereocenters. The summed E-state index contributed by atoms with van der Waals surface area (Å²) < 4.78 is 36.9. The second-order valence-corrected chi connectivity index (χ2v) is 9.39. The summed E-state index contributed by atoms with van der Waals surface area (Å²) in [6.45, 7) is 1.94. The minimum Gasteiger partial charge on any atom is -0.421 e. The van der Waals surface area contributed by atoms with Gasteiger partial charge in [-0.05, 0) is 24.3 Å². The maximum absolute atomic E-state index is 13.0.